The lowest BCUT2D eigenvalue weighted by atomic mass is 10.00. The van der Waals surface area contributed by atoms with Crippen LogP contribution in [-0.2, 0) is 11.2 Å². The first-order chi connectivity index (χ1) is 17.5. The van der Waals surface area contributed by atoms with Crippen molar-refractivity contribution in [3.05, 3.63) is 57.8 Å². The lowest BCUT2D eigenvalue weighted by Crippen LogP contribution is -2.58. The number of phenols is 2. The van der Waals surface area contributed by atoms with Gasteiger partial charge in [-0.2, -0.15) is 0 Å². The van der Waals surface area contributed by atoms with Crippen LogP contribution in [0.25, 0.3) is 22.3 Å². The summed E-state index contributed by atoms with van der Waals surface area (Å²) >= 11 is 0. The van der Waals surface area contributed by atoms with E-state index in [9.17, 15) is 30.3 Å². The molecule has 0 aliphatic carbocycles. The average Bonchev–Trinajstić information content (AvgIpc) is 2.86. The standard InChI is InChI=1S/C27H30O10/c1-12(2)5-10-16-17(28)11-18(29)19-21(31)26(37-27-23(33)22(32)20(30)13(3)35-27)24(36-25(16)19)14-6-8-15(34-4)9-7-14/h5-9,11,13,20,22-23,27-30,32-33H,10H2,1-4H3/t13?,20-,22?,23?,27-/m0/s1. The lowest BCUT2D eigenvalue weighted by molar-refractivity contribution is -0.268. The summed E-state index contributed by atoms with van der Waals surface area (Å²) in [4.78, 5) is 13.8. The molecule has 0 radical (unpaired) electrons. The molecule has 1 fully saturated rings. The Balaban J connectivity index is 1.96. The van der Waals surface area contributed by atoms with Crippen LogP contribution in [0.3, 0.4) is 0 Å². The van der Waals surface area contributed by atoms with E-state index in [4.69, 9.17) is 18.6 Å². The molecule has 0 spiro atoms. The fourth-order valence-corrected chi connectivity index (χ4v) is 4.14. The SMILES string of the molecule is COc1ccc(-c2oc3c(CC=C(C)C)c(O)cc(O)c3c(=O)c2O[C@@H]2OC(C)[C@H](O)C(O)C2O)cc1. The van der Waals surface area contributed by atoms with Crippen molar-refractivity contribution in [3.8, 4) is 34.3 Å². The monoisotopic (exact) mass is 514 g/mol. The highest BCUT2D eigenvalue weighted by Gasteiger charge is 2.44. The van der Waals surface area contributed by atoms with Crippen LogP contribution in [0.1, 0.15) is 26.3 Å². The second-order valence-electron chi connectivity index (χ2n) is 9.20. The zero-order chi connectivity index (χ0) is 27.0. The van der Waals surface area contributed by atoms with Crippen LogP contribution in [0.5, 0.6) is 23.0 Å². The molecule has 10 nitrogen and oxygen atoms in total. The topological polar surface area (TPSA) is 159 Å². The maximum atomic E-state index is 13.8. The first-order valence-corrected chi connectivity index (χ1v) is 11.7. The number of aliphatic hydroxyl groups excluding tert-OH is 3. The van der Waals surface area contributed by atoms with Crippen LogP contribution >= 0.6 is 0 Å². The summed E-state index contributed by atoms with van der Waals surface area (Å²) in [6.45, 7) is 5.24. The van der Waals surface area contributed by atoms with Gasteiger partial charge in [0.1, 0.15) is 46.5 Å². The summed E-state index contributed by atoms with van der Waals surface area (Å²) in [6.07, 6.45) is -5.03. The van der Waals surface area contributed by atoms with E-state index in [-0.39, 0.29) is 34.5 Å². The number of allylic oxidation sites excluding steroid dienone is 2. The van der Waals surface area contributed by atoms with Gasteiger partial charge in [0.25, 0.3) is 0 Å². The van der Waals surface area contributed by atoms with Gasteiger partial charge < -0.3 is 44.2 Å². The summed E-state index contributed by atoms with van der Waals surface area (Å²) in [5.74, 6) is -0.690. The van der Waals surface area contributed by atoms with Gasteiger partial charge >= 0.3 is 0 Å². The first-order valence-electron chi connectivity index (χ1n) is 11.7. The molecule has 1 aliphatic rings. The Morgan fingerprint density at radius 3 is 2.32 bits per heavy atom. The number of benzene rings is 2. The number of aliphatic hydroxyl groups is 3. The average molecular weight is 515 g/mol. The number of fused-ring (bicyclic) bond motifs is 1. The van der Waals surface area contributed by atoms with Crippen LogP contribution in [0.2, 0.25) is 0 Å². The Morgan fingerprint density at radius 1 is 1.03 bits per heavy atom. The minimum atomic E-state index is -1.69. The van der Waals surface area contributed by atoms with Crippen LogP contribution in [0.15, 0.2) is 51.2 Å². The number of aromatic hydroxyl groups is 2. The van der Waals surface area contributed by atoms with Crippen molar-refractivity contribution in [2.45, 2.75) is 57.9 Å². The molecule has 0 saturated carbocycles. The van der Waals surface area contributed by atoms with E-state index < -0.39 is 47.6 Å². The highest BCUT2D eigenvalue weighted by atomic mass is 16.7. The predicted molar refractivity (Wildman–Crippen MR) is 134 cm³/mol. The molecule has 1 aliphatic heterocycles. The third kappa shape index (κ3) is 5.01. The van der Waals surface area contributed by atoms with Gasteiger partial charge in [0.05, 0.1) is 13.2 Å². The molecular formula is C27H30O10. The summed E-state index contributed by atoms with van der Waals surface area (Å²) in [5.41, 5.74) is 0.828. The van der Waals surface area contributed by atoms with Crippen molar-refractivity contribution in [2.24, 2.45) is 0 Å². The molecule has 5 atom stereocenters. The fourth-order valence-electron chi connectivity index (χ4n) is 4.14. The Labute approximate surface area is 212 Å². The summed E-state index contributed by atoms with van der Waals surface area (Å²) in [7, 11) is 1.50. The second-order valence-corrected chi connectivity index (χ2v) is 9.20. The second kappa shape index (κ2) is 10.4. The third-order valence-corrected chi connectivity index (χ3v) is 6.29. The molecule has 2 heterocycles. The van der Waals surface area contributed by atoms with E-state index >= 15 is 0 Å². The van der Waals surface area contributed by atoms with Gasteiger partial charge in [-0.25, -0.2) is 0 Å². The van der Waals surface area contributed by atoms with Crippen LogP contribution in [-0.4, -0.2) is 63.3 Å². The Morgan fingerprint density at radius 2 is 1.70 bits per heavy atom. The lowest BCUT2D eigenvalue weighted by Gasteiger charge is -2.38. The number of hydrogen-bond donors (Lipinski definition) is 5. The van der Waals surface area contributed by atoms with Gasteiger partial charge in [-0.15, -0.1) is 0 Å². The van der Waals surface area contributed by atoms with Crippen LogP contribution in [0.4, 0.5) is 0 Å². The summed E-state index contributed by atoms with van der Waals surface area (Å²) < 4.78 is 22.7. The van der Waals surface area contributed by atoms with Crippen molar-refractivity contribution in [1.82, 2.24) is 0 Å². The third-order valence-electron chi connectivity index (χ3n) is 6.29. The Bertz CT molecular complexity index is 1370. The fraction of sp³-hybridized carbons (Fsp3) is 0.370. The molecule has 2 aromatic carbocycles. The van der Waals surface area contributed by atoms with Gasteiger partial charge in [-0.1, -0.05) is 11.6 Å². The number of rotatable bonds is 6. The number of hydrogen-bond acceptors (Lipinski definition) is 10. The molecule has 1 saturated heterocycles. The quantitative estimate of drug-likeness (QED) is 0.310. The van der Waals surface area contributed by atoms with Crippen molar-refractivity contribution in [2.75, 3.05) is 7.11 Å². The van der Waals surface area contributed by atoms with E-state index in [1.54, 1.807) is 24.3 Å². The maximum absolute atomic E-state index is 13.8. The van der Waals surface area contributed by atoms with Gasteiger partial charge in [-0.05, 0) is 51.5 Å². The predicted octanol–water partition coefficient (Wildman–Crippen LogP) is 2.59. The van der Waals surface area contributed by atoms with E-state index in [1.807, 2.05) is 19.9 Å². The normalized spacial score (nSPS) is 23.6. The molecule has 10 heteroatoms. The summed E-state index contributed by atoms with van der Waals surface area (Å²) in [6, 6.07) is 7.57. The highest BCUT2D eigenvalue weighted by Crippen LogP contribution is 2.40. The maximum Gasteiger partial charge on any atom is 0.239 e. The Hall–Kier alpha value is -3.57. The molecule has 5 N–H and O–H groups in total. The van der Waals surface area contributed by atoms with E-state index in [2.05, 4.69) is 0 Å². The van der Waals surface area contributed by atoms with Gasteiger partial charge in [0.15, 0.2) is 5.76 Å². The number of ether oxygens (including phenoxy) is 3. The van der Waals surface area contributed by atoms with Gasteiger partial charge in [0, 0.05) is 17.2 Å². The largest absolute Gasteiger partial charge is 0.507 e. The van der Waals surface area contributed by atoms with Crippen molar-refractivity contribution >= 4 is 11.0 Å². The highest BCUT2D eigenvalue weighted by molar-refractivity contribution is 5.91. The molecule has 198 valence electrons. The van der Waals surface area contributed by atoms with Gasteiger partial charge in [0.2, 0.25) is 17.5 Å². The minimum absolute atomic E-state index is 0.0351. The zero-order valence-electron chi connectivity index (χ0n) is 20.8. The van der Waals surface area contributed by atoms with Crippen molar-refractivity contribution < 1.29 is 44.2 Å². The van der Waals surface area contributed by atoms with E-state index in [0.29, 0.717) is 11.3 Å². The van der Waals surface area contributed by atoms with Gasteiger partial charge in [-0.3, -0.25) is 4.79 Å². The van der Waals surface area contributed by atoms with Crippen molar-refractivity contribution in [3.63, 3.8) is 0 Å². The Kier molecular flexibility index (Phi) is 7.47. The molecular weight excluding hydrogens is 484 g/mol. The number of phenolic OH excluding ortho intramolecular Hbond substituents is 2. The van der Waals surface area contributed by atoms with Crippen LogP contribution in [0, 0.1) is 0 Å². The summed E-state index contributed by atoms with van der Waals surface area (Å²) in [5, 5.41) is 51.6. The molecule has 1 aromatic heterocycles. The minimum Gasteiger partial charge on any atom is -0.507 e. The molecule has 4 rings (SSSR count). The van der Waals surface area contributed by atoms with E-state index in [0.717, 1.165) is 11.6 Å². The molecule has 0 amide bonds. The molecule has 3 unspecified atom stereocenters. The van der Waals surface area contributed by atoms with E-state index in [1.165, 1.54) is 14.0 Å². The van der Waals surface area contributed by atoms with Crippen LogP contribution < -0.4 is 14.9 Å². The smallest absolute Gasteiger partial charge is 0.239 e. The van der Waals surface area contributed by atoms with Crippen molar-refractivity contribution in [1.29, 1.82) is 0 Å². The zero-order valence-corrected chi connectivity index (χ0v) is 20.8. The molecule has 3 aromatic rings. The first kappa shape index (κ1) is 26.5. The molecule has 0 bridgehead atoms. The molecule has 37 heavy (non-hydrogen) atoms. The number of methoxy groups -OCH3 is 1.